The third-order valence-electron chi connectivity index (χ3n) is 2.63. The van der Waals surface area contributed by atoms with E-state index in [0.717, 1.165) is 11.6 Å². The molecular weight excluding hydrogens is 244 g/mol. The summed E-state index contributed by atoms with van der Waals surface area (Å²) in [6.07, 6.45) is 1.79. The van der Waals surface area contributed by atoms with E-state index >= 15 is 0 Å². The second-order valence-corrected chi connectivity index (χ2v) is 4.80. The number of hydrogen-bond donors (Lipinski definition) is 0. The second-order valence-electron chi connectivity index (χ2n) is 4.80. The third kappa shape index (κ3) is 4.43. The molecule has 106 valence electrons. The number of rotatable bonds is 6. The fourth-order valence-corrected chi connectivity index (χ4v) is 1.79. The first-order valence-electron chi connectivity index (χ1n) is 6.36. The Bertz CT molecular complexity index is 421. The number of anilines is 1. The van der Waals surface area contributed by atoms with E-state index in [1.54, 1.807) is 6.20 Å². The highest BCUT2D eigenvalue weighted by atomic mass is 16.5. The zero-order chi connectivity index (χ0) is 14.4. The van der Waals surface area contributed by atoms with Crippen molar-refractivity contribution >= 4 is 11.8 Å². The minimum absolute atomic E-state index is 0.0781. The molecule has 0 saturated carbocycles. The van der Waals surface area contributed by atoms with Gasteiger partial charge in [-0.15, -0.1) is 0 Å². The Morgan fingerprint density at radius 1 is 1.42 bits per heavy atom. The second kappa shape index (κ2) is 6.97. The van der Waals surface area contributed by atoms with Crippen LogP contribution >= 0.6 is 0 Å². The molecule has 0 aliphatic rings. The first-order chi connectivity index (χ1) is 8.95. The molecule has 1 rings (SSSR count). The summed E-state index contributed by atoms with van der Waals surface area (Å²) in [4.78, 5) is 17.7. The van der Waals surface area contributed by atoms with Gasteiger partial charge in [0.1, 0.15) is 0 Å². The van der Waals surface area contributed by atoms with E-state index in [0.29, 0.717) is 6.54 Å². The van der Waals surface area contributed by atoms with Gasteiger partial charge in [-0.25, -0.2) is 4.98 Å². The zero-order valence-electron chi connectivity index (χ0n) is 12.2. The van der Waals surface area contributed by atoms with Gasteiger partial charge in [0.25, 0.3) is 0 Å². The summed E-state index contributed by atoms with van der Waals surface area (Å²) in [5, 5.41) is 0. The van der Waals surface area contributed by atoms with Crippen molar-refractivity contribution in [3.8, 4) is 5.75 Å². The number of nitrogens with zero attached hydrogens (tertiary/aromatic N) is 2. The Labute approximate surface area is 114 Å². The number of carbonyl (C=O) groups excluding carboxylic acids is 1. The Morgan fingerprint density at radius 2 is 2.11 bits per heavy atom. The van der Waals surface area contributed by atoms with E-state index in [2.05, 4.69) is 4.98 Å². The molecule has 19 heavy (non-hydrogen) atoms. The van der Waals surface area contributed by atoms with Crippen LogP contribution in [0.25, 0.3) is 0 Å². The minimum Gasteiger partial charge on any atom is -0.487 e. The molecule has 5 heteroatoms. The Balaban J connectivity index is 2.81. The van der Waals surface area contributed by atoms with E-state index in [1.165, 1.54) is 7.11 Å². The number of aromatic nitrogens is 1. The predicted molar refractivity (Wildman–Crippen MR) is 74.5 cm³/mol. The van der Waals surface area contributed by atoms with Crippen LogP contribution in [-0.2, 0) is 9.53 Å². The molecule has 0 bridgehead atoms. The molecule has 0 amide bonds. The maximum atomic E-state index is 11.4. The lowest BCUT2D eigenvalue weighted by molar-refractivity contribution is -0.144. The molecule has 0 aromatic carbocycles. The Kier molecular flexibility index (Phi) is 5.60. The highest BCUT2D eigenvalue weighted by Gasteiger charge is 2.18. The molecule has 1 aromatic rings. The first-order valence-corrected chi connectivity index (χ1v) is 6.36. The molecule has 0 saturated heterocycles. The van der Waals surface area contributed by atoms with Crippen LogP contribution in [0.1, 0.15) is 20.8 Å². The lowest BCUT2D eigenvalue weighted by Crippen LogP contribution is -2.30. The van der Waals surface area contributed by atoms with Gasteiger partial charge in [-0.2, -0.15) is 0 Å². The molecule has 0 fully saturated rings. The van der Waals surface area contributed by atoms with Gasteiger partial charge in [-0.3, -0.25) is 4.79 Å². The van der Waals surface area contributed by atoms with Crippen LogP contribution < -0.4 is 9.64 Å². The Morgan fingerprint density at radius 3 is 2.68 bits per heavy atom. The molecule has 1 heterocycles. The lowest BCUT2D eigenvalue weighted by atomic mass is 10.2. The molecule has 0 aliphatic carbocycles. The molecule has 0 N–H and O–H groups in total. The number of hydrogen-bond acceptors (Lipinski definition) is 5. The van der Waals surface area contributed by atoms with E-state index in [1.807, 2.05) is 44.9 Å². The van der Waals surface area contributed by atoms with Crippen molar-refractivity contribution in [2.45, 2.75) is 26.9 Å². The SMILES string of the molecule is COC(=O)C(C)CN(C)c1ncccc1OC(C)C. The summed E-state index contributed by atoms with van der Waals surface area (Å²) in [5.41, 5.74) is 0. The van der Waals surface area contributed by atoms with E-state index < -0.39 is 0 Å². The van der Waals surface area contributed by atoms with Crippen LogP contribution in [0.4, 0.5) is 5.82 Å². The molecule has 1 aromatic heterocycles. The van der Waals surface area contributed by atoms with E-state index in [4.69, 9.17) is 9.47 Å². The topological polar surface area (TPSA) is 51.7 Å². The monoisotopic (exact) mass is 266 g/mol. The van der Waals surface area contributed by atoms with Gasteiger partial charge in [0, 0.05) is 19.8 Å². The molecule has 0 radical (unpaired) electrons. The van der Waals surface area contributed by atoms with Crippen molar-refractivity contribution in [3.63, 3.8) is 0 Å². The summed E-state index contributed by atoms with van der Waals surface area (Å²) in [7, 11) is 3.28. The van der Waals surface area contributed by atoms with Gasteiger partial charge in [0.2, 0.25) is 0 Å². The molecule has 1 unspecified atom stereocenters. The van der Waals surface area contributed by atoms with Crippen LogP contribution in [0.3, 0.4) is 0 Å². The zero-order valence-corrected chi connectivity index (χ0v) is 12.2. The molecular formula is C14H22N2O3. The van der Waals surface area contributed by atoms with Gasteiger partial charge >= 0.3 is 5.97 Å². The summed E-state index contributed by atoms with van der Waals surface area (Å²) in [6.45, 7) is 6.29. The van der Waals surface area contributed by atoms with Crippen LogP contribution in [0.5, 0.6) is 5.75 Å². The van der Waals surface area contributed by atoms with Crippen LogP contribution in [-0.4, -0.2) is 37.8 Å². The first kappa shape index (κ1) is 15.3. The van der Waals surface area contributed by atoms with Gasteiger partial charge in [0.05, 0.1) is 19.1 Å². The fourth-order valence-electron chi connectivity index (χ4n) is 1.79. The smallest absolute Gasteiger partial charge is 0.310 e. The average molecular weight is 266 g/mol. The van der Waals surface area contributed by atoms with Gasteiger partial charge in [-0.1, -0.05) is 6.92 Å². The minimum atomic E-state index is -0.228. The number of ether oxygens (including phenoxy) is 2. The van der Waals surface area contributed by atoms with Crippen molar-refractivity contribution in [3.05, 3.63) is 18.3 Å². The maximum absolute atomic E-state index is 11.4. The molecule has 0 aliphatic heterocycles. The molecule has 0 spiro atoms. The van der Waals surface area contributed by atoms with E-state index in [-0.39, 0.29) is 18.0 Å². The summed E-state index contributed by atoms with van der Waals surface area (Å²) in [6, 6.07) is 3.71. The lowest BCUT2D eigenvalue weighted by Gasteiger charge is -2.24. The number of methoxy groups -OCH3 is 1. The summed E-state index contributed by atoms with van der Waals surface area (Å²) in [5.74, 6) is 1.00. The molecule has 5 nitrogen and oxygen atoms in total. The van der Waals surface area contributed by atoms with Gasteiger partial charge < -0.3 is 14.4 Å². The normalized spacial score (nSPS) is 12.1. The number of esters is 1. The highest BCUT2D eigenvalue weighted by molar-refractivity contribution is 5.72. The van der Waals surface area contributed by atoms with Gasteiger partial charge in [-0.05, 0) is 26.0 Å². The van der Waals surface area contributed by atoms with Crippen molar-refractivity contribution in [1.29, 1.82) is 0 Å². The van der Waals surface area contributed by atoms with Crippen molar-refractivity contribution in [1.82, 2.24) is 4.98 Å². The van der Waals surface area contributed by atoms with Crippen molar-refractivity contribution in [2.24, 2.45) is 5.92 Å². The van der Waals surface area contributed by atoms with Crippen LogP contribution in [0, 0.1) is 5.92 Å². The van der Waals surface area contributed by atoms with Crippen LogP contribution in [0.2, 0.25) is 0 Å². The van der Waals surface area contributed by atoms with Gasteiger partial charge in [0.15, 0.2) is 11.6 Å². The average Bonchev–Trinajstić information content (AvgIpc) is 2.37. The predicted octanol–water partition coefficient (Wildman–Crippen LogP) is 2.11. The van der Waals surface area contributed by atoms with E-state index in [9.17, 15) is 4.79 Å². The van der Waals surface area contributed by atoms with Crippen molar-refractivity contribution < 1.29 is 14.3 Å². The third-order valence-corrected chi connectivity index (χ3v) is 2.63. The quantitative estimate of drug-likeness (QED) is 0.738. The number of pyridine rings is 1. The molecule has 1 atom stereocenters. The highest BCUT2D eigenvalue weighted by Crippen LogP contribution is 2.25. The van der Waals surface area contributed by atoms with Crippen LogP contribution in [0.15, 0.2) is 18.3 Å². The summed E-state index contributed by atoms with van der Waals surface area (Å²) >= 11 is 0. The maximum Gasteiger partial charge on any atom is 0.310 e. The standard InChI is InChI=1S/C14H22N2O3/c1-10(2)19-12-7-6-8-15-13(12)16(4)9-11(3)14(17)18-5/h6-8,10-11H,9H2,1-5H3. The van der Waals surface area contributed by atoms with Crippen molar-refractivity contribution in [2.75, 3.05) is 25.6 Å². The fraction of sp³-hybridized carbons (Fsp3) is 0.571. The Hall–Kier alpha value is -1.78. The number of carbonyl (C=O) groups is 1. The largest absolute Gasteiger partial charge is 0.487 e. The summed E-state index contributed by atoms with van der Waals surface area (Å²) < 4.78 is 10.4.